The van der Waals surface area contributed by atoms with E-state index in [4.69, 9.17) is 4.74 Å². The Morgan fingerprint density at radius 2 is 1.89 bits per heavy atom. The van der Waals surface area contributed by atoms with Crippen LogP contribution in [-0.4, -0.2) is 101 Å². The van der Waals surface area contributed by atoms with E-state index >= 15 is 0 Å². The third kappa shape index (κ3) is 5.10. The predicted octanol–water partition coefficient (Wildman–Crippen LogP) is 0.447. The number of rotatable bonds is 8. The van der Waals surface area contributed by atoms with Gasteiger partial charge in [-0.3, -0.25) is 4.79 Å². The highest BCUT2D eigenvalue weighted by atomic mass is 32.2. The number of nitrogens with zero attached hydrogens (tertiary/aromatic N) is 4. The predicted molar refractivity (Wildman–Crippen MR) is 121 cm³/mol. The monoisotopic (exact) mass is 532 g/mol. The summed E-state index contributed by atoms with van der Waals surface area (Å²) in [6, 6.07) is 0.233. The number of aliphatic hydroxyl groups is 4. The number of thioether (sulfide) groups is 1. The van der Waals surface area contributed by atoms with Crippen LogP contribution in [0.25, 0.3) is 11.3 Å². The molecule has 3 heterocycles. The Balaban J connectivity index is 1.61. The van der Waals surface area contributed by atoms with E-state index in [-0.39, 0.29) is 23.6 Å². The van der Waals surface area contributed by atoms with Crippen molar-refractivity contribution in [2.24, 2.45) is 0 Å². The highest BCUT2D eigenvalue weighted by Crippen LogP contribution is 2.38. The molecule has 1 aromatic carbocycles. The van der Waals surface area contributed by atoms with Crippen LogP contribution in [0.15, 0.2) is 18.3 Å². The number of benzene rings is 1. The lowest BCUT2D eigenvalue weighted by Gasteiger charge is -2.43. The maximum Gasteiger partial charge on any atom is 0.238 e. The Kier molecular flexibility index (Phi) is 8.22. The summed E-state index contributed by atoms with van der Waals surface area (Å²) in [5.74, 6) is -4.78. The summed E-state index contributed by atoms with van der Waals surface area (Å²) in [7, 11) is 0. The van der Waals surface area contributed by atoms with Crippen molar-refractivity contribution >= 4 is 17.7 Å². The zero-order valence-electron chi connectivity index (χ0n) is 19.2. The number of likely N-dealkylation sites (tertiary alicyclic amines) is 1. The Hall–Kier alpha value is -2.23. The number of hydrogen-bond donors (Lipinski definition) is 4. The van der Waals surface area contributed by atoms with Crippen molar-refractivity contribution in [1.82, 2.24) is 19.9 Å². The Bertz CT molecular complexity index is 1070. The number of ether oxygens (including phenoxy) is 1. The van der Waals surface area contributed by atoms with Crippen LogP contribution >= 0.6 is 11.8 Å². The quantitative estimate of drug-likeness (QED) is 0.357. The molecule has 36 heavy (non-hydrogen) atoms. The summed E-state index contributed by atoms with van der Waals surface area (Å²) in [5.41, 5.74) is -1.33. The molecule has 14 heteroatoms. The molecule has 1 amide bonds. The lowest BCUT2D eigenvalue weighted by Crippen LogP contribution is -2.56. The molecule has 4 N–H and O–H groups in total. The molecule has 1 aromatic heterocycles. The van der Waals surface area contributed by atoms with Gasteiger partial charge in [-0.25, -0.2) is 17.9 Å². The van der Waals surface area contributed by atoms with E-state index in [0.717, 1.165) is 35.0 Å². The molecule has 10 nitrogen and oxygen atoms in total. The van der Waals surface area contributed by atoms with Gasteiger partial charge in [0.05, 0.1) is 18.9 Å². The molecule has 2 fully saturated rings. The molecule has 2 aromatic rings. The summed E-state index contributed by atoms with van der Waals surface area (Å²) < 4.78 is 47.4. The maximum absolute atomic E-state index is 13.7. The standard InChI is InChI=1S/C22H27F3N4O6S/c1-2-14(31)20(21(34)28-4-3-5-28)36-22-19(33)17(18(32)15(9-30)35-22)29-8-13(26-27-29)10-6-11(23)16(25)12(24)7-10/h6-8,14-15,17-20,22,30-33H,2-5,9H2,1H3/t14-,15+,17-,18-,19+,20-,22-/m0/s1. The highest BCUT2D eigenvalue weighted by Gasteiger charge is 2.48. The molecule has 4 rings (SSSR count). The first-order valence-corrected chi connectivity index (χ1v) is 12.4. The molecule has 0 saturated carbocycles. The van der Waals surface area contributed by atoms with Crippen molar-refractivity contribution in [1.29, 1.82) is 0 Å². The van der Waals surface area contributed by atoms with Crippen LogP contribution in [0.3, 0.4) is 0 Å². The van der Waals surface area contributed by atoms with E-state index in [0.29, 0.717) is 13.1 Å². The number of amides is 1. The maximum atomic E-state index is 13.7. The van der Waals surface area contributed by atoms with E-state index in [1.54, 1.807) is 11.8 Å². The summed E-state index contributed by atoms with van der Waals surface area (Å²) in [4.78, 5) is 14.5. The molecule has 0 unspecified atom stereocenters. The minimum atomic E-state index is -1.64. The zero-order valence-corrected chi connectivity index (χ0v) is 20.1. The molecule has 2 saturated heterocycles. The fourth-order valence-electron chi connectivity index (χ4n) is 4.14. The number of halogens is 3. The number of carbonyl (C=O) groups is 1. The average molecular weight is 533 g/mol. The first-order valence-electron chi connectivity index (χ1n) is 11.5. The van der Waals surface area contributed by atoms with Crippen LogP contribution < -0.4 is 0 Å². The van der Waals surface area contributed by atoms with Gasteiger partial charge < -0.3 is 30.1 Å². The Labute approximate surface area is 208 Å². The second-order valence-corrected chi connectivity index (χ2v) is 9.99. The molecular weight excluding hydrogens is 505 g/mol. The van der Waals surface area contributed by atoms with Gasteiger partial charge in [0.1, 0.15) is 40.7 Å². The molecular formula is C22H27F3N4O6S. The van der Waals surface area contributed by atoms with E-state index < -0.39 is 65.2 Å². The molecule has 0 aliphatic carbocycles. The largest absolute Gasteiger partial charge is 0.394 e. The lowest BCUT2D eigenvalue weighted by atomic mass is 9.97. The Morgan fingerprint density at radius 1 is 1.22 bits per heavy atom. The molecule has 0 bridgehead atoms. The van der Waals surface area contributed by atoms with Gasteiger partial charge in [0, 0.05) is 18.7 Å². The highest BCUT2D eigenvalue weighted by molar-refractivity contribution is 8.01. The number of aliphatic hydroxyl groups excluding tert-OH is 4. The van der Waals surface area contributed by atoms with Crippen molar-refractivity contribution in [3.8, 4) is 11.3 Å². The molecule has 7 atom stereocenters. The zero-order chi connectivity index (χ0) is 26.1. The fraction of sp³-hybridized carbons (Fsp3) is 0.591. The second kappa shape index (κ2) is 11.0. The van der Waals surface area contributed by atoms with Gasteiger partial charge in [0.2, 0.25) is 5.91 Å². The molecule has 2 aliphatic heterocycles. The van der Waals surface area contributed by atoms with Crippen LogP contribution in [0.1, 0.15) is 25.8 Å². The average Bonchev–Trinajstić information content (AvgIpc) is 3.30. The summed E-state index contributed by atoms with van der Waals surface area (Å²) in [6.45, 7) is 2.21. The second-order valence-electron chi connectivity index (χ2n) is 8.75. The lowest BCUT2D eigenvalue weighted by molar-refractivity contribution is -0.178. The molecule has 198 valence electrons. The van der Waals surface area contributed by atoms with Crippen LogP contribution in [0.2, 0.25) is 0 Å². The first kappa shape index (κ1) is 26.8. The fourth-order valence-corrected chi connectivity index (χ4v) is 5.60. The number of carbonyl (C=O) groups excluding carboxylic acids is 1. The number of hydrogen-bond acceptors (Lipinski definition) is 9. The van der Waals surface area contributed by atoms with Gasteiger partial charge in [-0.2, -0.15) is 0 Å². The van der Waals surface area contributed by atoms with Crippen LogP contribution in [0, 0.1) is 17.5 Å². The molecule has 2 aliphatic rings. The van der Waals surface area contributed by atoms with E-state index in [1.165, 1.54) is 6.20 Å². The molecule has 0 radical (unpaired) electrons. The third-order valence-corrected chi connectivity index (χ3v) is 7.87. The van der Waals surface area contributed by atoms with Crippen LogP contribution in [-0.2, 0) is 9.53 Å². The van der Waals surface area contributed by atoms with Crippen LogP contribution in [0.4, 0.5) is 13.2 Å². The smallest absolute Gasteiger partial charge is 0.238 e. The van der Waals surface area contributed by atoms with Gasteiger partial charge >= 0.3 is 0 Å². The first-order chi connectivity index (χ1) is 17.2. The van der Waals surface area contributed by atoms with Crippen molar-refractivity contribution < 1.29 is 43.1 Å². The van der Waals surface area contributed by atoms with Gasteiger partial charge in [0.15, 0.2) is 17.5 Å². The minimum Gasteiger partial charge on any atom is -0.394 e. The van der Waals surface area contributed by atoms with E-state index in [9.17, 15) is 38.4 Å². The Morgan fingerprint density at radius 3 is 2.44 bits per heavy atom. The van der Waals surface area contributed by atoms with Gasteiger partial charge in [-0.15, -0.1) is 16.9 Å². The van der Waals surface area contributed by atoms with Crippen LogP contribution in [0.5, 0.6) is 0 Å². The normalized spacial score (nSPS) is 28.0. The van der Waals surface area contributed by atoms with Crippen molar-refractivity contribution in [3.05, 3.63) is 35.8 Å². The summed E-state index contributed by atoms with van der Waals surface area (Å²) in [5, 5.41) is 48.9. The van der Waals surface area contributed by atoms with Gasteiger partial charge in [-0.05, 0) is 25.0 Å². The van der Waals surface area contributed by atoms with Gasteiger partial charge in [0.25, 0.3) is 0 Å². The van der Waals surface area contributed by atoms with E-state index in [1.807, 2.05) is 0 Å². The van der Waals surface area contributed by atoms with Crippen molar-refractivity contribution in [2.45, 2.75) is 60.9 Å². The van der Waals surface area contributed by atoms with Gasteiger partial charge in [-0.1, -0.05) is 12.1 Å². The SMILES string of the molecule is CC[C@H](O)[C@H](S[C@@H]1O[C@H](CO)[C@H](O)[C@H](n2cc(-c3cc(F)c(F)c(F)c3)nn2)[C@H]1O)C(=O)N1CCC1. The minimum absolute atomic E-state index is 0.0595. The number of aromatic nitrogens is 3. The topological polar surface area (TPSA) is 141 Å². The summed E-state index contributed by atoms with van der Waals surface area (Å²) >= 11 is 0.882. The molecule has 0 spiro atoms. The third-order valence-electron chi connectivity index (χ3n) is 6.40. The van der Waals surface area contributed by atoms with Crippen molar-refractivity contribution in [3.63, 3.8) is 0 Å². The van der Waals surface area contributed by atoms with E-state index in [2.05, 4.69) is 10.3 Å². The van der Waals surface area contributed by atoms with Crippen molar-refractivity contribution in [2.75, 3.05) is 19.7 Å². The summed E-state index contributed by atoms with van der Waals surface area (Å²) in [6.07, 6.45) is -2.84.